The molecule has 2 aliphatic rings. The van der Waals surface area contributed by atoms with Crippen LogP contribution >= 0.6 is 0 Å². The largest absolute Gasteiger partial charge is 0.493 e. The number of rotatable bonds is 3. The number of nitrogens with one attached hydrogen (secondary N) is 2. The molecule has 1 fully saturated rings. The van der Waals surface area contributed by atoms with Gasteiger partial charge < -0.3 is 15.1 Å². The average Bonchev–Trinajstić information content (AvgIpc) is 3.00. The molecule has 3 atom stereocenters. The van der Waals surface area contributed by atoms with E-state index in [9.17, 15) is 0 Å². The summed E-state index contributed by atoms with van der Waals surface area (Å²) in [5, 5.41) is 7.93. The minimum absolute atomic E-state index is 0.481. The van der Waals surface area contributed by atoms with Crippen LogP contribution in [0.4, 0.5) is 0 Å². The van der Waals surface area contributed by atoms with E-state index in [0.29, 0.717) is 23.5 Å². The second-order valence-electron chi connectivity index (χ2n) is 6.11. The number of fused-ring (bicyclic) bond motifs is 3. The van der Waals surface area contributed by atoms with Gasteiger partial charge in [0, 0.05) is 35.4 Å². The molecule has 0 bridgehead atoms. The van der Waals surface area contributed by atoms with Gasteiger partial charge in [-0.2, -0.15) is 0 Å². The molecular formula is C18H19N3O. The smallest absolute Gasteiger partial charge is 0.122 e. The maximum Gasteiger partial charge on any atom is 0.122 e. The number of hydrogen-bond donors (Lipinski definition) is 2. The molecule has 0 saturated heterocycles. The van der Waals surface area contributed by atoms with Crippen LogP contribution in [0.25, 0.3) is 5.57 Å². The first-order valence-corrected chi connectivity index (χ1v) is 7.68. The van der Waals surface area contributed by atoms with Crippen molar-refractivity contribution in [3.05, 3.63) is 53.6 Å². The second-order valence-corrected chi connectivity index (χ2v) is 6.11. The lowest BCUT2D eigenvalue weighted by atomic mass is 9.96. The van der Waals surface area contributed by atoms with Crippen LogP contribution in [0.15, 0.2) is 36.8 Å². The lowest BCUT2D eigenvalue weighted by Crippen LogP contribution is -2.09. The average molecular weight is 293 g/mol. The molecule has 1 aromatic heterocycles. The Morgan fingerprint density at radius 2 is 2.27 bits per heavy atom. The monoisotopic (exact) mass is 293 g/mol. The van der Waals surface area contributed by atoms with Gasteiger partial charge in [0.25, 0.3) is 0 Å². The Balaban J connectivity index is 1.73. The first-order chi connectivity index (χ1) is 10.7. The molecular weight excluding hydrogens is 274 g/mol. The highest BCUT2D eigenvalue weighted by atomic mass is 16.5. The molecule has 22 heavy (non-hydrogen) atoms. The summed E-state index contributed by atoms with van der Waals surface area (Å²) in [5.74, 6) is 2.52. The van der Waals surface area contributed by atoms with E-state index in [0.717, 1.165) is 23.5 Å². The highest BCUT2D eigenvalue weighted by Gasteiger charge is 2.56. The van der Waals surface area contributed by atoms with Crippen LogP contribution in [0, 0.1) is 11.3 Å². The van der Waals surface area contributed by atoms with Crippen molar-refractivity contribution < 1.29 is 4.74 Å². The van der Waals surface area contributed by atoms with Crippen molar-refractivity contribution in [1.82, 2.24) is 9.97 Å². The van der Waals surface area contributed by atoms with Gasteiger partial charge in [-0.25, -0.2) is 4.98 Å². The number of aromatic nitrogens is 2. The Morgan fingerprint density at radius 3 is 2.95 bits per heavy atom. The van der Waals surface area contributed by atoms with Crippen molar-refractivity contribution in [2.45, 2.75) is 25.7 Å². The number of hydrogen-bond acceptors (Lipinski definition) is 3. The van der Waals surface area contributed by atoms with E-state index in [1.165, 1.54) is 11.3 Å². The summed E-state index contributed by atoms with van der Waals surface area (Å²) in [6.07, 6.45) is 5.67. The fraction of sp³-hybridized carbons (Fsp3) is 0.333. The van der Waals surface area contributed by atoms with Gasteiger partial charge in [-0.1, -0.05) is 12.1 Å². The fourth-order valence-electron chi connectivity index (χ4n) is 3.77. The van der Waals surface area contributed by atoms with E-state index in [1.807, 2.05) is 26.1 Å². The molecule has 0 radical (unpaired) electrons. The number of H-pyrrole nitrogens is 1. The Kier molecular flexibility index (Phi) is 2.93. The van der Waals surface area contributed by atoms with Crippen LogP contribution in [0.1, 0.15) is 42.5 Å². The summed E-state index contributed by atoms with van der Waals surface area (Å²) in [4.78, 5) is 7.39. The van der Waals surface area contributed by atoms with Crippen LogP contribution in [0.2, 0.25) is 0 Å². The molecule has 4 heteroatoms. The van der Waals surface area contributed by atoms with E-state index < -0.39 is 0 Å². The van der Waals surface area contributed by atoms with E-state index in [4.69, 9.17) is 10.1 Å². The number of aromatic amines is 1. The standard InChI is InChI=1S/C18H19N3O/c1-3-12(10(2)19)11-4-5-16-13(6-11)17-14(8-22-16)18(17)15-7-20-9-21-15/h3-7,9,14,17-19H,8H2,1-2H3,(H,20,21)/b12-3-,19-10?/t14-,17?,18?/m0/s1. The number of allylic oxidation sites excluding steroid dienone is 2. The molecule has 4 nitrogen and oxygen atoms in total. The summed E-state index contributed by atoms with van der Waals surface area (Å²) in [6, 6.07) is 6.31. The van der Waals surface area contributed by atoms with Gasteiger partial charge in [0.2, 0.25) is 0 Å². The lowest BCUT2D eigenvalue weighted by Gasteiger charge is -2.18. The van der Waals surface area contributed by atoms with E-state index >= 15 is 0 Å². The maximum absolute atomic E-state index is 7.93. The summed E-state index contributed by atoms with van der Waals surface area (Å²) in [6.45, 7) is 4.59. The topological polar surface area (TPSA) is 61.8 Å². The minimum atomic E-state index is 0.481. The molecule has 0 amide bonds. The Hall–Kier alpha value is -2.36. The van der Waals surface area contributed by atoms with Crippen molar-refractivity contribution >= 4 is 11.3 Å². The minimum Gasteiger partial charge on any atom is -0.493 e. The third-order valence-electron chi connectivity index (χ3n) is 4.85. The molecule has 2 aromatic rings. The van der Waals surface area contributed by atoms with Gasteiger partial charge in [-0.05, 0) is 42.7 Å². The molecule has 2 N–H and O–H groups in total. The molecule has 2 unspecified atom stereocenters. The summed E-state index contributed by atoms with van der Waals surface area (Å²) in [5.41, 5.74) is 5.16. The predicted octanol–water partition coefficient (Wildman–Crippen LogP) is 3.74. The summed E-state index contributed by atoms with van der Waals surface area (Å²) < 4.78 is 5.93. The van der Waals surface area contributed by atoms with E-state index in [1.54, 1.807) is 6.33 Å². The number of benzene rings is 1. The van der Waals surface area contributed by atoms with Crippen molar-refractivity contribution in [1.29, 1.82) is 5.41 Å². The normalized spacial score (nSPS) is 25.9. The van der Waals surface area contributed by atoms with Crippen LogP contribution in [-0.4, -0.2) is 22.3 Å². The molecule has 1 aliphatic heterocycles. The molecule has 1 aliphatic carbocycles. The van der Waals surface area contributed by atoms with E-state index in [-0.39, 0.29) is 0 Å². The molecule has 2 heterocycles. The van der Waals surface area contributed by atoms with Gasteiger partial charge in [-0.15, -0.1) is 0 Å². The SMILES string of the molecule is C/C=C(/C(C)=N)c1ccc2c(c1)C1C(c3cnc[nH]3)[C@H]1CO2. The highest BCUT2D eigenvalue weighted by molar-refractivity contribution is 6.21. The van der Waals surface area contributed by atoms with Gasteiger partial charge in [-0.3, -0.25) is 0 Å². The second kappa shape index (κ2) is 4.83. The van der Waals surface area contributed by atoms with Gasteiger partial charge in [0.1, 0.15) is 5.75 Å². The lowest BCUT2D eigenvalue weighted by molar-refractivity contribution is 0.277. The van der Waals surface area contributed by atoms with Crippen molar-refractivity contribution in [2.24, 2.45) is 5.92 Å². The summed E-state index contributed by atoms with van der Waals surface area (Å²) in [7, 11) is 0. The van der Waals surface area contributed by atoms with Crippen molar-refractivity contribution in [2.75, 3.05) is 6.61 Å². The summed E-state index contributed by atoms with van der Waals surface area (Å²) >= 11 is 0. The predicted molar refractivity (Wildman–Crippen MR) is 86.5 cm³/mol. The zero-order valence-electron chi connectivity index (χ0n) is 12.8. The first-order valence-electron chi connectivity index (χ1n) is 7.68. The molecule has 112 valence electrons. The molecule has 4 rings (SSSR count). The fourth-order valence-corrected chi connectivity index (χ4v) is 3.77. The molecule has 0 spiro atoms. The van der Waals surface area contributed by atoms with E-state index in [2.05, 4.69) is 28.2 Å². The van der Waals surface area contributed by atoms with Crippen LogP contribution < -0.4 is 4.74 Å². The maximum atomic E-state index is 7.93. The van der Waals surface area contributed by atoms with Crippen molar-refractivity contribution in [3.63, 3.8) is 0 Å². The van der Waals surface area contributed by atoms with Crippen molar-refractivity contribution in [3.8, 4) is 5.75 Å². The third-order valence-corrected chi connectivity index (χ3v) is 4.85. The highest BCUT2D eigenvalue weighted by Crippen LogP contribution is 2.63. The Bertz CT molecular complexity index is 761. The van der Waals surface area contributed by atoms with Gasteiger partial charge >= 0.3 is 0 Å². The van der Waals surface area contributed by atoms with Crippen LogP contribution in [-0.2, 0) is 0 Å². The quantitative estimate of drug-likeness (QED) is 0.847. The number of imidazole rings is 1. The molecule has 1 aromatic carbocycles. The zero-order valence-corrected chi connectivity index (χ0v) is 12.8. The Morgan fingerprint density at radius 1 is 1.41 bits per heavy atom. The van der Waals surface area contributed by atoms with Gasteiger partial charge in [0.05, 0.1) is 12.9 Å². The molecule has 1 saturated carbocycles. The van der Waals surface area contributed by atoms with Gasteiger partial charge in [0.15, 0.2) is 0 Å². The third kappa shape index (κ3) is 1.90. The van der Waals surface area contributed by atoms with Crippen LogP contribution in [0.5, 0.6) is 5.75 Å². The Labute approximate surface area is 129 Å². The van der Waals surface area contributed by atoms with Crippen LogP contribution in [0.3, 0.4) is 0 Å². The number of nitrogens with zero attached hydrogens (tertiary/aromatic N) is 1. The zero-order chi connectivity index (χ0) is 15.3. The number of ether oxygens (including phenoxy) is 1. The first kappa shape index (κ1) is 13.3.